The molecule has 0 aliphatic carbocycles. The van der Waals surface area contributed by atoms with Gasteiger partial charge in [-0.15, -0.1) is 0 Å². The van der Waals surface area contributed by atoms with Crippen molar-refractivity contribution in [2.45, 2.75) is 51.8 Å². The highest BCUT2D eigenvalue weighted by molar-refractivity contribution is 5.70. The highest BCUT2D eigenvalue weighted by atomic mass is 19.4. The molecule has 1 N–H and O–H groups in total. The van der Waals surface area contributed by atoms with Crippen LogP contribution in [0.1, 0.15) is 40.0 Å². The molecule has 3 nitrogen and oxygen atoms in total. The minimum atomic E-state index is -4.10. The molecule has 0 aliphatic rings. The number of ether oxygens (including phenoxy) is 1. The van der Waals surface area contributed by atoms with Gasteiger partial charge < -0.3 is 10.1 Å². The molecular weight excluding hydrogens is 235 g/mol. The van der Waals surface area contributed by atoms with Gasteiger partial charge in [-0.05, 0) is 33.7 Å². The summed E-state index contributed by atoms with van der Waals surface area (Å²) in [5, 5.41) is 2.77. The molecule has 0 heterocycles. The second-order valence-corrected chi connectivity index (χ2v) is 4.81. The molecule has 0 radical (unpaired) electrons. The summed E-state index contributed by atoms with van der Waals surface area (Å²) < 4.78 is 40.4. The summed E-state index contributed by atoms with van der Waals surface area (Å²) in [5.41, 5.74) is -0.520. The fourth-order valence-corrected chi connectivity index (χ4v) is 1.12. The number of esters is 1. The molecule has 0 aromatic heterocycles. The summed E-state index contributed by atoms with van der Waals surface area (Å²) in [6.45, 7) is 5.89. The van der Waals surface area contributed by atoms with Crippen molar-refractivity contribution in [2.75, 3.05) is 13.1 Å². The van der Waals surface area contributed by atoms with Crippen LogP contribution in [0.5, 0.6) is 0 Å². The fraction of sp³-hybridized carbons (Fsp3) is 0.909. The molecule has 6 heteroatoms. The number of hydrogen-bond acceptors (Lipinski definition) is 3. The molecule has 0 saturated carbocycles. The van der Waals surface area contributed by atoms with Gasteiger partial charge in [0.25, 0.3) is 0 Å². The van der Waals surface area contributed by atoms with Crippen molar-refractivity contribution in [1.29, 1.82) is 0 Å². The minimum Gasteiger partial charge on any atom is -0.460 e. The standard InChI is InChI=1S/C11H20F3NO2/c1-10(2,3)17-9(16)5-8-15-7-4-6-11(12,13)14/h15H,4-8H2,1-3H3. The maximum atomic E-state index is 11.8. The number of nitrogens with one attached hydrogen (secondary N) is 1. The van der Waals surface area contributed by atoms with Crippen LogP contribution in [0.25, 0.3) is 0 Å². The van der Waals surface area contributed by atoms with Crippen LogP contribution in [0, 0.1) is 0 Å². The normalized spacial score (nSPS) is 12.6. The number of rotatable bonds is 6. The van der Waals surface area contributed by atoms with Crippen molar-refractivity contribution in [2.24, 2.45) is 0 Å². The largest absolute Gasteiger partial charge is 0.460 e. The molecular formula is C11H20F3NO2. The van der Waals surface area contributed by atoms with Gasteiger partial charge in [-0.1, -0.05) is 0 Å². The zero-order valence-corrected chi connectivity index (χ0v) is 10.5. The first-order valence-corrected chi connectivity index (χ1v) is 5.59. The van der Waals surface area contributed by atoms with Gasteiger partial charge in [0, 0.05) is 13.0 Å². The summed E-state index contributed by atoms with van der Waals surface area (Å²) in [6, 6.07) is 0. The molecule has 0 unspecified atom stereocenters. The summed E-state index contributed by atoms with van der Waals surface area (Å²) in [4.78, 5) is 11.2. The van der Waals surface area contributed by atoms with E-state index in [-0.39, 0.29) is 25.4 Å². The summed E-state index contributed by atoms with van der Waals surface area (Å²) in [6.07, 6.45) is -4.71. The monoisotopic (exact) mass is 255 g/mol. The molecule has 0 rings (SSSR count). The van der Waals surface area contributed by atoms with Crippen LogP contribution >= 0.6 is 0 Å². The van der Waals surface area contributed by atoms with Gasteiger partial charge >= 0.3 is 12.1 Å². The first-order valence-electron chi connectivity index (χ1n) is 5.59. The third-order valence-electron chi connectivity index (χ3n) is 1.74. The second-order valence-electron chi connectivity index (χ2n) is 4.81. The molecule has 0 aliphatic heterocycles. The van der Waals surface area contributed by atoms with E-state index in [1.54, 1.807) is 20.8 Å². The molecule has 0 aromatic carbocycles. The van der Waals surface area contributed by atoms with E-state index >= 15 is 0 Å². The molecule has 0 bridgehead atoms. The van der Waals surface area contributed by atoms with E-state index in [1.165, 1.54) is 0 Å². The van der Waals surface area contributed by atoms with Crippen LogP contribution in [0.2, 0.25) is 0 Å². The lowest BCUT2D eigenvalue weighted by Crippen LogP contribution is -2.27. The molecule has 0 spiro atoms. The topological polar surface area (TPSA) is 38.3 Å². The summed E-state index contributed by atoms with van der Waals surface area (Å²) in [7, 11) is 0. The van der Waals surface area contributed by atoms with Crippen LogP contribution in [0.4, 0.5) is 13.2 Å². The van der Waals surface area contributed by atoms with Gasteiger partial charge in [0.15, 0.2) is 0 Å². The minimum absolute atomic E-state index is 0.0256. The van der Waals surface area contributed by atoms with E-state index in [4.69, 9.17) is 4.74 Å². The third kappa shape index (κ3) is 13.2. The molecule has 0 aromatic rings. The Labute approximate surface area is 99.7 Å². The Hall–Kier alpha value is -0.780. The molecule has 17 heavy (non-hydrogen) atoms. The van der Waals surface area contributed by atoms with Crippen molar-refractivity contribution in [1.82, 2.24) is 5.32 Å². The summed E-state index contributed by atoms with van der Waals surface area (Å²) in [5.74, 6) is -0.346. The Balaban J connectivity index is 3.44. The maximum absolute atomic E-state index is 11.8. The Morgan fingerprint density at radius 1 is 1.18 bits per heavy atom. The predicted molar refractivity (Wildman–Crippen MR) is 58.6 cm³/mol. The van der Waals surface area contributed by atoms with Crippen LogP contribution in [0.15, 0.2) is 0 Å². The molecule has 102 valence electrons. The molecule has 0 atom stereocenters. The zero-order valence-electron chi connectivity index (χ0n) is 10.5. The number of hydrogen-bond donors (Lipinski definition) is 1. The van der Waals surface area contributed by atoms with E-state index < -0.39 is 18.2 Å². The van der Waals surface area contributed by atoms with E-state index in [0.717, 1.165) is 0 Å². The Bertz CT molecular complexity index is 234. The molecule has 0 amide bonds. The highest BCUT2D eigenvalue weighted by Crippen LogP contribution is 2.20. The lowest BCUT2D eigenvalue weighted by molar-refractivity contribution is -0.154. The van der Waals surface area contributed by atoms with Crippen LogP contribution in [-0.4, -0.2) is 30.8 Å². The second kappa shape index (κ2) is 6.83. The number of alkyl halides is 3. The van der Waals surface area contributed by atoms with Gasteiger partial charge in [-0.3, -0.25) is 4.79 Å². The van der Waals surface area contributed by atoms with Crippen molar-refractivity contribution in [3.63, 3.8) is 0 Å². The average Bonchev–Trinajstić information content (AvgIpc) is 2.06. The van der Waals surface area contributed by atoms with Gasteiger partial charge in [-0.25, -0.2) is 0 Å². The van der Waals surface area contributed by atoms with Crippen molar-refractivity contribution in [3.8, 4) is 0 Å². The quantitative estimate of drug-likeness (QED) is 0.585. The highest BCUT2D eigenvalue weighted by Gasteiger charge is 2.25. The molecule has 0 saturated heterocycles. The van der Waals surface area contributed by atoms with E-state index in [2.05, 4.69) is 5.32 Å². The van der Waals surface area contributed by atoms with Gasteiger partial charge in [0.05, 0.1) is 6.42 Å². The molecule has 0 fully saturated rings. The van der Waals surface area contributed by atoms with Gasteiger partial charge in [-0.2, -0.15) is 13.2 Å². The predicted octanol–water partition coefficient (Wildman–Crippen LogP) is 2.65. The number of carbonyl (C=O) groups excluding carboxylic acids is 1. The van der Waals surface area contributed by atoms with E-state index in [9.17, 15) is 18.0 Å². The first-order chi connectivity index (χ1) is 7.60. The van der Waals surface area contributed by atoms with Crippen molar-refractivity contribution >= 4 is 5.97 Å². The third-order valence-corrected chi connectivity index (χ3v) is 1.74. The SMILES string of the molecule is CC(C)(C)OC(=O)CCNCCCC(F)(F)F. The van der Waals surface area contributed by atoms with Crippen molar-refractivity contribution < 1.29 is 22.7 Å². The number of halogens is 3. The zero-order chi connectivity index (χ0) is 13.5. The van der Waals surface area contributed by atoms with Crippen LogP contribution in [0.3, 0.4) is 0 Å². The van der Waals surface area contributed by atoms with E-state index in [0.29, 0.717) is 6.54 Å². The maximum Gasteiger partial charge on any atom is 0.389 e. The lowest BCUT2D eigenvalue weighted by atomic mass is 10.2. The Morgan fingerprint density at radius 2 is 1.76 bits per heavy atom. The fourth-order valence-electron chi connectivity index (χ4n) is 1.12. The number of carbonyl (C=O) groups is 1. The first kappa shape index (κ1) is 16.2. The van der Waals surface area contributed by atoms with Crippen LogP contribution in [-0.2, 0) is 9.53 Å². The summed E-state index contributed by atoms with van der Waals surface area (Å²) >= 11 is 0. The lowest BCUT2D eigenvalue weighted by Gasteiger charge is -2.19. The average molecular weight is 255 g/mol. The van der Waals surface area contributed by atoms with Crippen molar-refractivity contribution in [3.05, 3.63) is 0 Å². The Kier molecular flexibility index (Phi) is 6.52. The Morgan fingerprint density at radius 3 is 2.24 bits per heavy atom. The van der Waals surface area contributed by atoms with Gasteiger partial charge in [0.1, 0.15) is 5.60 Å². The van der Waals surface area contributed by atoms with Crippen LogP contribution < -0.4 is 5.32 Å². The van der Waals surface area contributed by atoms with Gasteiger partial charge in [0.2, 0.25) is 0 Å². The smallest absolute Gasteiger partial charge is 0.389 e. The van der Waals surface area contributed by atoms with E-state index in [1.807, 2.05) is 0 Å².